The van der Waals surface area contributed by atoms with E-state index in [-0.39, 0.29) is 4.70 Å². The fraction of sp³-hybridized carbons (Fsp3) is 0.0244. The molecular formula is C41H31FIN3. The molecule has 0 bridgehead atoms. The quantitative estimate of drug-likeness (QED) is 0.159. The second kappa shape index (κ2) is 12.7. The first kappa shape index (κ1) is 29.6. The number of nitrogens with one attached hydrogen (secondary N) is 2. The Morgan fingerprint density at radius 1 is 0.522 bits per heavy atom. The van der Waals surface area contributed by atoms with Gasteiger partial charge in [0.05, 0.1) is 22.2 Å². The van der Waals surface area contributed by atoms with E-state index >= 15 is 0 Å². The van der Waals surface area contributed by atoms with Crippen molar-refractivity contribution in [3.05, 3.63) is 172 Å². The fourth-order valence-corrected chi connectivity index (χ4v) is 6.95. The number of aromatic nitrogens is 3. The van der Waals surface area contributed by atoms with E-state index < -0.39 is 0 Å². The lowest BCUT2D eigenvalue weighted by Gasteiger charge is -2.07. The maximum absolute atomic E-state index is 3.59. The number of rotatable bonds is 1. The third-order valence-electron chi connectivity index (χ3n) is 8.53. The molecule has 0 saturated heterocycles. The van der Waals surface area contributed by atoms with Gasteiger partial charge in [-0.3, -0.25) is 4.70 Å². The molecular weight excluding hydrogens is 680 g/mol. The van der Waals surface area contributed by atoms with E-state index in [0.29, 0.717) is 0 Å². The van der Waals surface area contributed by atoms with Crippen molar-refractivity contribution in [2.24, 2.45) is 0 Å². The third kappa shape index (κ3) is 5.26. The van der Waals surface area contributed by atoms with Crippen LogP contribution in [0, 0.1) is 3.57 Å². The summed E-state index contributed by atoms with van der Waals surface area (Å²) in [5.74, 6) is 0. The molecule has 1 aliphatic carbocycles. The van der Waals surface area contributed by atoms with Crippen molar-refractivity contribution in [1.29, 1.82) is 0 Å². The van der Waals surface area contributed by atoms with Gasteiger partial charge >= 0.3 is 0 Å². The van der Waals surface area contributed by atoms with Crippen molar-refractivity contribution in [3.8, 4) is 16.9 Å². The molecule has 0 aliphatic heterocycles. The largest absolute Gasteiger partial charge is 0.354 e. The Morgan fingerprint density at radius 3 is 1.80 bits per heavy atom. The Morgan fingerprint density at radius 2 is 1.09 bits per heavy atom. The highest BCUT2D eigenvalue weighted by Crippen LogP contribution is 2.40. The zero-order valence-electron chi connectivity index (χ0n) is 25.0. The normalized spacial score (nSPS) is 11.3. The molecule has 6 aromatic carbocycles. The molecule has 224 valence electrons. The highest BCUT2D eigenvalue weighted by Gasteiger charge is 2.22. The SMILES string of the molecule is F.Ic1ccccc1.c1ccc(-n2c3ccccc3c3[nH]c4ccccc4c32)cc1.c1ccc2c(c1)Cc1c-2[nH]c2ccccc12. The Labute approximate surface area is 280 Å². The molecule has 0 atom stereocenters. The average Bonchev–Trinajstić information content (AvgIpc) is 3.84. The molecule has 0 unspecified atom stereocenters. The topological polar surface area (TPSA) is 36.5 Å². The average molecular weight is 712 g/mol. The van der Waals surface area contributed by atoms with E-state index in [1.54, 1.807) is 0 Å². The van der Waals surface area contributed by atoms with Crippen LogP contribution in [0.1, 0.15) is 11.1 Å². The summed E-state index contributed by atoms with van der Waals surface area (Å²) in [6.07, 6.45) is 1.06. The minimum atomic E-state index is 0. The third-order valence-corrected chi connectivity index (χ3v) is 9.25. The highest BCUT2D eigenvalue weighted by molar-refractivity contribution is 14.1. The summed E-state index contributed by atoms with van der Waals surface area (Å²) in [6.45, 7) is 0. The van der Waals surface area contributed by atoms with E-state index in [1.165, 1.54) is 75.4 Å². The Bertz CT molecular complexity index is 2410. The van der Waals surface area contributed by atoms with Crippen LogP contribution in [-0.4, -0.2) is 14.5 Å². The van der Waals surface area contributed by atoms with E-state index in [9.17, 15) is 0 Å². The zero-order valence-corrected chi connectivity index (χ0v) is 27.1. The number of para-hydroxylation sites is 4. The lowest BCUT2D eigenvalue weighted by molar-refractivity contribution is 1.11. The van der Waals surface area contributed by atoms with Gasteiger partial charge in [-0.2, -0.15) is 0 Å². The van der Waals surface area contributed by atoms with Gasteiger partial charge < -0.3 is 14.5 Å². The zero-order chi connectivity index (χ0) is 30.2. The number of H-pyrrole nitrogens is 2. The molecule has 3 aromatic heterocycles. The van der Waals surface area contributed by atoms with Crippen molar-refractivity contribution in [3.63, 3.8) is 0 Å². The molecule has 0 fully saturated rings. The second-order valence-electron chi connectivity index (χ2n) is 11.2. The number of halogens is 2. The van der Waals surface area contributed by atoms with Crippen LogP contribution in [0.4, 0.5) is 4.70 Å². The van der Waals surface area contributed by atoms with Gasteiger partial charge in [0.25, 0.3) is 0 Å². The number of hydrogen-bond acceptors (Lipinski definition) is 0. The van der Waals surface area contributed by atoms with Gasteiger partial charge in [0, 0.05) is 48.4 Å². The van der Waals surface area contributed by atoms with Gasteiger partial charge in [-0.15, -0.1) is 0 Å². The molecule has 3 nitrogen and oxygen atoms in total. The van der Waals surface area contributed by atoms with Crippen LogP contribution in [0.3, 0.4) is 0 Å². The first-order valence-corrected chi connectivity index (χ1v) is 16.3. The highest BCUT2D eigenvalue weighted by atomic mass is 127. The van der Waals surface area contributed by atoms with Crippen molar-refractivity contribution in [2.45, 2.75) is 6.42 Å². The van der Waals surface area contributed by atoms with E-state index in [1.807, 2.05) is 18.2 Å². The predicted molar refractivity (Wildman–Crippen MR) is 201 cm³/mol. The van der Waals surface area contributed by atoms with Crippen LogP contribution < -0.4 is 0 Å². The van der Waals surface area contributed by atoms with Crippen LogP contribution >= 0.6 is 22.6 Å². The Balaban J connectivity index is 0.000000123. The van der Waals surface area contributed by atoms with Crippen LogP contribution in [0.5, 0.6) is 0 Å². The molecule has 0 radical (unpaired) electrons. The van der Waals surface area contributed by atoms with Crippen molar-refractivity contribution < 1.29 is 4.70 Å². The smallest absolute Gasteiger partial charge is 0.0797 e. The summed E-state index contributed by atoms with van der Waals surface area (Å²) in [5, 5.41) is 3.89. The molecule has 1 aliphatic rings. The maximum atomic E-state index is 3.59. The summed E-state index contributed by atoms with van der Waals surface area (Å²) in [4.78, 5) is 7.12. The lowest BCUT2D eigenvalue weighted by atomic mass is 10.1. The van der Waals surface area contributed by atoms with Gasteiger partial charge in [-0.05, 0) is 76.2 Å². The Kier molecular flexibility index (Phi) is 8.16. The molecule has 10 rings (SSSR count). The summed E-state index contributed by atoms with van der Waals surface area (Å²) in [6, 6.07) is 55.0. The van der Waals surface area contributed by atoms with Gasteiger partial charge in [-0.25, -0.2) is 0 Å². The first-order chi connectivity index (χ1) is 22.3. The maximum Gasteiger partial charge on any atom is 0.0797 e. The number of aromatic amines is 2. The lowest BCUT2D eigenvalue weighted by Crippen LogP contribution is -1.92. The van der Waals surface area contributed by atoms with Gasteiger partial charge in [0.1, 0.15) is 0 Å². The van der Waals surface area contributed by atoms with E-state index in [0.717, 1.165) is 6.42 Å². The van der Waals surface area contributed by atoms with Crippen LogP contribution in [0.2, 0.25) is 0 Å². The number of nitrogens with zero attached hydrogens (tertiary/aromatic N) is 1. The molecule has 3 heterocycles. The van der Waals surface area contributed by atoms with E-state index in [2.05, 4.69) is 177 Å². The van der Waals surface area contributed by atoms with E-state index in [4.69, 9.17) is 0 Å². The summed E-state index contributed by atoms with van der Waals surface area (Å²) < 4.78 is 3.64. The van der Waals surface area contributed by atoms with Crippen LogP contribution in [-0.2, 0) is 6.42 Å². The number of hydrogen-bond donors (Lipinski definition) is 2. The predicted octanol–water partition coefficient (Wildman–Crippen LogP) is 11.4. The fourth-order valence-electron chi connectivity index (χ4n) is 6.54. The van der Waals surface area contributed by atoms with Crippen molar-refractivity contribution in [2.75, 3.05) is 0 Å². The molecule has 5 heteroatoms. The van der Waals surface area contributed by atoms with Crippen LogP contribution in [0.15, 0.2) is 158 Å². The summed E-state index contributed by atoms with van der Waals surface area (Å²) in [5.41, 5.74) is 12.9. The Hall–Kier alpha value is -5.14. The monoisotopic (exact) mass is 711 g/mol. The number of fused-ring (bicyclic) bond motifs is 10. The second-order valence-corrected chi connectivity index (χ2v) is 12.5. The van der Waals surface area contributed by atoms with Crippen LogP contribution in [0.25, 0.3) is 60.7 Å². The molecule has 0 amide bonds. The molecule has 9 aromatic rings. The molecule has 46 heavy (non-hydrogen) atoms. The molecule has 0 saturated carbocycles. The molecule has 2 N–H and O–H groups in total. The standard InChI is InChI=1S/C20H14N2.C15H11N.C6H5I.FH/c1-2-8-14(9-3-1)22-18-13-7-5-11-16(18)19-20(22)15-10-4-6-12-17(15)21-19;1-2-6-11-10(5-1)9-13-12-7-3-4-8-14(12)16-15(11)13;7-6-4-2-1-3-5-6;/h1-13,21H;1-8,16H,9H2;1-5H;1H. The van der Waals surface area contributed by atoms with Crippen molar-refractivity contribution >= 4 is 66.3 Å². The van der Waals surface area contributed by atoms with Gasteiger partial charge in [0.15, 0.2) is 0 Å². The van der Waals surface area contributed by atoms with Gasteiger partial charge in [-0.1, -0.05) is 115 Å². The minimum Gasteiger partial charge on any atom is -0.354 e. The summed E-state index contributed by atoms with van der Waals surface area (Å²) >= 11 is 2.28. The molecule has 0 spiro atoms. The van der Waals surface area contributed by atoms with Crippen molar-refractivity contribution in [1.82, 2.24) is 14.5 Å². The first-order valence-electron chi connectivity index (χ1n) is 15.2. The minimum absolute atomic E-state index is 0. The number of benzene rings is 6. The summed E-state index contributed by atoms with van der Waals surface area (Å²) in [7, 11) is 0. The van der Waals surface area contributed by atoms with Gasteiger partial charge in [0.2, 0.25) is 0 Å².